The fourth-order valence-electron chi connectivity index (χ4n) is 2.26. The number of carbonyl (C=O) groups excluding carboxylic acids is 1. The van der Waals surface area contributed by atoms with Gasteiger partial charge in [-0.25, -0.2) is 0 Å². The monoisotopic (exact) mass is 294 g/mol. The second kappa shape index (κ2) is 7.88. The molecule has 2 unspecified atom stereocenters. The molecule has 2 atom stereocenters. The van der Waals surface area contributed by atoms with Crippen molar-refractivity contribution in [2.75, 3.05) is 14.2 Å². The molecule has 1 aromatic carbocycles. The van der Waals surface area contributed by atoms with Gasteiger partial charge in [-0.2, -0.15) is 0 Å². The van der Waals surface area contributed by atoms with Crippen LogP contribution in [-0.2, 0) is 4.79 Å². The van der Waals surface area contributed by atoms with Crippen LogP contribution in [0.4, 0.5) is 0 Å². The zero-order chi connectivity index (χ0) is 16.0. The lowest BCUT2D eigenvalue weighted by molar-refractivity contribution is -0.123. The van der Waals surface area contributed by atoms with Gasteiger partial charge in [0.05, 0.1) is 13.2 Å². The van der Waals surface area contributed by atoms with Gasteiger partial charge in [-0.3, -0.25) is 10.1 Å². The van der Waals surface area contributed by atoms with Crippen molar-refractivity contribution in [1.82, 2.24) is 10.6 Å². The van der Waals surface area contributed by atoms with Gasteiger partial charge in [0.25, 0.3) is 0 Å². The van der Waals surface area contributed by atoms with Crippen molar-refractivity contribution in [2.45, 2.75) is 39.3 Å². The topological polar surface area (TPSA) is 70.6 Å². The Kier molecular flexibility index (Phi) is 6.49. The van der Waals surface area contributed by atoms with Crippen molar-refractivity contribution >= 4 is 5.91 Å². The van der Waals surface area contributed by atoms with Crippen LogP contribution >= 0.6 is 0 Å². The van der Waals surface area contributed by atoms with Gasteiger partial charge in [0.1, 0.15) is 0 Å². The summed E-state index contributed by atoms with van der Waals surface area (Å²) in [5.74, 6) is 0.947. The highest BCUT2D eigenvalue weighted by molar-refractivity contribution is 5.81. The van der Waals surface area contributed by atoms with E-state index in [4.69, 9.17) is 4.74 Å². The molecule has 1 rings (SSSR count). The first kappa shape index (κ1) is 17.3. The Hall–Kier alpha value is -1.75. The van der Waals surface area contributed by atoms with E-state index in [9.17, 15) is 9.90 Å². The van der Waals surface area contributed by atoms with Gasteiger partial charge in [-0.05, 0) is 37.0 Å². The number of rotatable bonds is 7. The minimum Gasteiger partial charge on any atom is -0.504 e. The number of hydrogen-bond acceptors (Lipinski definition) is 4. The van der Waals surface area contributed by atoms with Crippen molar-refractivity contribution in [3.8, 4) is 11.5 Å². The van der Waals surface area contributed by atoms with E-state index in [0.29, 0.717) is 11.7 Å². The summed E-state index contributed by atoms with van der Waals surface area (Å²) in [6.07, 6.45) is 0.763. The van der Waals surface area contributed by atoms with Crippen molar-refractivity contribution in [3.05, 3.63) is 23.8 Å². The highest BCUT2D eigenvalue weighted by Gasteiger charge is 2.21. The highest BCUT2D eigenvalue weighted by Crippen LogP contribution is 2.29. The Bertz CT molecular complexity index is 475. The molecule has 0 saturated heterocycles. The number of carbonyl (C=O) groups is 1. The van der Waals surface area contributed by atoms with Crippen molar-refractivity contribution in [3.63, 3.8) is 0 Å². The summed E-state index contributed by atoms with van der Waals surface area (Å²) in [7, 11) is 3.16. The van der Waals surface area contributed by atoms with Crippen LogP contribution in [0.25, 0.3) is 0 Å². The molecule has 0 radical (unpaired) electrons. The lowest BCUT2D eigenvalue weighted by atomic mass is 10.0. The van der Waals surface area contributed by atoms with E-state index in [0.717, 1.165) is 12.0 Å². The predicted octanol–water partition coefficient (Wildman–Crippen LogP) is 2.21. The number of aromatic hydroxyl groups is 1. The van der Waals surface area contributed by atoms with E-state index in [2.05, 4.69) is 24.5 Å². The third kappa shape index (κ3) is 4.93. The van der Waals surface area contributed by atoms with Crippen molar-refractivity contribution < 1.29 is 14.6 Å². The van der Waals surface area contributed by atoms with Crippen LogP contribution in [0, 0.1) is 5.92 Å². The Morgan fingerprint density at radius 2 is 2.00 bits per heavy atom. The SMILES string of the molecule is CNC(=O)C(CC(C)C)NC(C)c1ccc(O)c(OC)c1. The first-order chi connectivity index (χ1) is 9.88. The quantitative estimate of drug-likeness (QED) is 0.721. The van der Waals surface area contributed by atoms with E-state index in [-0.39, 0.29) is 23.7 Å². The standard InChI is InChI=1S/C16H26N2O3/c1-10(2)8-13(16(20)17-4)18-11(3)12-6-7-14(19)15(9-12)21-5/h6-7,9-11,13,18-19H,8H2,1-5H3,(H,17,20). The smallest absolute Gasteiger partial charge is 0.236 e. The molecule has 0 aliphatic heterocycles. The van der Waals surface area contributed by atoms with Crippen LogP contribution < -0.4 is 15.4 Å². The Labute approximate surface area is 126 Å². The van der Waals surface area contributed by atoms with E-state index in [1.165, 1.54) is 7.11 Å². The molecule has 0 fully saturated rings. The van der Waals surface area contributed by atoms with Crippen molar-refractivity contribution in [2.24, 2.45) is 5.92 Å². The molecule has 3 N–H and O–H groups in total. The van der Waals surface area contributed by atoms with Crippen molar-refractivity contribution in [1.29, 1.82) is 0 Å². The van der Waals surface area contributed by atoms with Gasteiger partial charge in [0.15, 0.2) is 11.5 Å². The molecule has 5 heteroatoms. The van der Waals surface area contributed by atoms with Crippen LogP contribution in [0.5, 0.6) is 11.5 Å². The summed E-state index contributed by atoms with van der Waals surface area (Å²) in [6, 6.07) is 4.93. The lowest BCUT2D eigenvalue weighted by Crippen LogP contribution is -2.44. The summed E-state index contributed by atoms with van der Waals surface area (Å²) < 4.78 is 5.12. The number of phenolic OH excluding ortho intramolecular Hbond substituents is 1. The maximum absolute atomic E-state index is 12.0. The molecule has 0 saturated carbocycles. The fraction of sp³-hybridized carbons (Fsp3) is 0.562. The molecule has 0 aromatic heterocycles. The average molecular weight is 294 g/mol. The number of benzene rings is 1. The van der Waals surface area contributed by atoms with E-state index < -0.39 is 0 Å². The summed E-state index contributed by atoms with van der Waals surface area (Å²) in [6.45, 7) is 6.17. The molecule has 0 bridgehead atoms. The number of nitrogens with one attached hydrogen (secondary N) is 2. The summed E-state index contributed by atoms with van der Waals surface area (Å²) in [4.78, 5) is 12.0. The Morgan fingerprint density at radius 3 is 2.52 bits per heavy atom. The third-order valence-corrected chi connectivity index (χ3v) is 3.42. The lowest BCUT2D eigenvalue weighted by Gasteiger charge is -2.24. The number of amides is 1. The molecule has 0 heterocycles. The van der Waals surface area contributed by atoms with E-state index in [1.54, 1.807) is 19.2 Å². The number of methoxy groups -OCH3 is 1. The zero-order valence-electron chi connectivity index (χ0n) is 13.4. The van der Waals surface area contributed by atoms with Crippen LogP contribution in [-0.4, -0.2) is 31.2 Å². The number of hydrogen-bond donors (Lipinski definition) is 3. The second-order valence-corrected chi connectivity index (χ2v) is 5.62. The maximum Gasteiger partial charge on any atom is 0.236 e. The van der Waals surface area contributed by atoms with Gasteiger partial charge in [0.2, 0.25) is 5.91 Å². The molecule has 1 aromatic rings. The van der Waals surface area contributed by atoms with Gasteiger partial charge >= 0.3 is 0 Å². The fourth-order valence-corrected chi connectivity index (χ4v) is 2.26. The largest absolute Gasteiger partial charge is 0.504 e. The van der Waals surface area contributed by atoms with Gasteiger partial charge in [-0.1, -0.05) is 19.9 Å². The highest BCUT2D eigenvalue weighted by atomic mass is 16.5. The van der Waals surface area contributed by atoms with Crippen LogP contribution in [0.15, 0.2) is 18.2 Å². The maximum atomic E-state index is 12.0. The Balaban J connectivity index is 2.85. The van der Waals surface area contributed by atoms with E-state index in [1.807, 2.05) is 13.0 Å². The predicted molar refractivity (Wildman–Crippen MR) is 83.5 cm³/mol. The number of likely N-dealkylation sites (N-methyl/N-ethyl adjacent to an activating group) is 1. The van der Waals surface area contributed by atoms with Crippen LogP contribution in [0.2, 0.25) is 0 Å². The molecule has 21 heavy (non-hydrogen) atoms. The first-order valence-corrected chi connectivity index (χ1v) is 7.23. The number of ether oxygens (including phenoxy) is 1. The molecular formula is C16H26N2O3. The van der Waals surface area contributed by atoms with Gasteiger partial charge in [-0.15, -0.1) is 0 Å². The average Bonchev–Trinajstić information content (AvgIpc) is 2.45. The summed E-state index contributed by atoms with van der Waals surface area (Å²) in [5.41, 5.74) is 0.960. The third-order valence-electron chi connectivity index (χ3n) is 3.42. The first-order valence-electron chi connectivity index (χ1n) is 7.23. The zero-order valence-corrected chi connectivity index (χ0v) is 13.4. The van der Waals surface area contributed by atoms with Crippen LogP contribution in [0.3, 0.4) is 0 Å². The van der Waals surface area contributed by atoms with Gasteiger partial charge < -0.3 is 15.2 Å². The molecule has 1 amide bonds. The normalized spacial score (nSPS) is 13.8. The summed E-state index contributed by atoms with van der Waals surface area (Å²) in [5, 5.41) is 15.7. The molecular weight excluding hydrogens is 268 g/mol. The van der Waals surface area contributed by atoms with Gasteiger partial charge in [0, 0.05) is 13.1 Å². The Morgan fingerprint density at radius 1 is 1.33 bits per heavy atom. The minimum absolute atomic E-state index is 0.0127. The molecule has 0 aliphatic rings. The molecule has 5 nitrogen and oxygen atoms in total. The molecule has 0 spiro atoms. The second-order valence-electron chi connectivity index (χ2n) is 5.62. The van der Waals surface area contributed by atoms with E-state index >= 15 is 0 Å². The molecule has 0 aliphatic carbocycles. The van der Waals surface area contributed by atoms with Crippen LogP contribution in [0.1, 0.15) is 38.8 Å². The summed E-state index contributed by atoms with van der Waals surface area (Å²) >= 11 is 0. The molecule has 118 valence electrons. The number of phenols is 1. The minimum atomic E-state index is -0.246.